The monoisotopic (exact) mass is 358 g/mol. The number of aliphatic hydroxyl groups is 1. The Balaban J connectivity index is 2.11. The highest BCUT2D eigenvalue weighted by molar-refractivity contribution is 5.92. The number of aliphatic hydroxyl groups excluding tert-OH is 1. The fraction of sp³-hybridized carbons (Fsp3) is 0.263. The summed E-state index contributed by atoms with van der Waals surface area (Å²) in [6, 6.07) is 11.8. The number of anilines is 1. The molecule has 2 aromatic carbocycles. The van der Waals surface area contributed by atoms with Gasteiger partial charge in [0.2, 0.25) is 0 Å². The van der Waals surface area contributed by atoms with E-state index in [4.69, 9.17) is 9.47 Å². The minimum atomic E-state index is -1.28. The van der Waals surface area contributed by atoms with Crippen molar-refractivity contribution in [2.24, 2.45) is 0 Å². The van der Waals surface area contributed by atoms with Crippen LogP contribution in [0.3, 0.4) is 0 Å². The fourth-order valence-corrected chi connectivity index (χ4v) is 2.33. The number of benzene rings is 2. The molecule has 0 heterocycles. The Kier molecular flexibility index (Phi) is 6.57. The lowest BCUT2D eigenvalue weighted by Gasteiger charge is -2.22. The fourth-order valence-electron chi connectivity index (χ4n) is 2.33. The van der Waals surface area contributed by atoms with Gasteiger partial charge in [-0.2, -0.15) is 0 Å². The number of esters is 1. The van der Waals surface area contributed by atoms with Gasteiger partial charge in [-0.25, -0.2) is 9.59 Å². The number of nitrogens with one attached hydrogen (secondary N) is 2. The number of hydrogen-bond donors (Lipinski definition) is 3. The van der Waals surface area contributed by atoms with Gasteiger partial charge in [0.1, 0.15) is 11.9 Å². The molecule has 2 atom stereocenters. The summed E-state index contributed by atoms with van der Waals surface area (Å²) in [7, 11) is 2.72. The van der Waals surface area contributed by atoms with Crippen molar-refractivity contribution < 1.29 is 24.2 Å². The van der Waals surface area contributed by atoms with Crippen LogP contribution >= 0.6 is 0 Å². The first-order valence-electron chi connectivity index (χ1n) is 7.98. The van der Waals surface area contributed by atoms with Crippen LogP contribution in [0, 0.1) is 6.92 Å². The lowest BCUT2D eigenvalue weighted by Crippen LogP contribution is -2.47. The molecule has 0 fully saturated rings. The van der Waals surface area contributed by atoms with Crippen molar-refractivity contribution in [3.8, 4) is 5.75 Å². The maximum Gasteiger partial charge on any atom is 0.331 e. The van der Waals surface area contributed by atoms with Crippen LogP contribution in [-0.4, -0.2) is 37.4 Å². The molecule has 0 aliphatic heterocycles. The maximum atomic E-state index is 12.2. The third-order valence-corrected chi connectivity index (χ3v) is 3.82. The van der Waals surface area contributed by atoms with Gasteiger partial charge in [-0.1, -0.05) is 29.8 Å². The molecule has 0 aliphatic carbocycles. The second kappa shape index (κ2) is 8.87. The molecule has 0 bridgehead atoms. The van der Waals surface area contributed by atoms with Crippen molar-refractivity contribution in [1.29, 1.82) is 0 Å². The summed E-state index contributed by atoms with van der Waals surface area (Å²) in [6.07, 6.45) is -1.28. The second-order valence-electron chi connectivity index (χ2n) is 5.68. The first-order chi connectivity index (χ1) is 12.4. The molecule has 0 saturated heterocycles. The van der Waals surface area contributed by atoms with Crippen molar-refractivity contribution in [2.75, 3.05) is 19.5 Å². The molecule has 3 N–H and O–H groups in total. The van der Waals surface area contributed by atoms with Crippen LogP contribution in [0.25, 0.3) is 0 Å². The smallest absolute Gasteiger partial charge is 0.331 e. The average molecular weight is 358 g/mol. The van der Waals surface area contributed by atoms with Crippen LogP contribution in [0.15, 0.2) is 48.5 Å². The third-order valence-electron chi connectivity index (χ3n) is 3.82. The van der Waals surface area contributed by atoms with Gasteiger partial charge >= 0.3 is 12.0 Å². The van der Waals surface area contributed by atoms with Crippen molar-refractivity contribution in [2.45, 2.75) is 19.1 Å². The standard InChI is InChI=1S/C19H22N2O5/c1-12-4-8-14(9-5-12)20-19(24)21-16(18(23)26-3)17(22)13-6-10-15(25-2)11-7-13/h4-11,16-17,22H,1-3H3,(H2,20,21,24). The summed E-state index contributed by atoms with van der Waals surface area (Å²) < 4.78 is 9.76. The minimum Gasteiger partial charge on any atom is -0.497 e. The molecule has 2 unspecified atom stereocenters. The van der Waals surface area contributed by atoms with E-state index < -0.39 is 24.1 Å². The first kappa shape index (κ1) is 19.3. The van der Waals surface area contributed by atoms with Crippen molar-refractivity contribution >= 4 is 17.7 Å². The average Bonchev–Trinajstić information content (AvgIpc) is 2.67. The van der Waals surface area contributed by atoms with Crippen molar-refractivity contribution in [3.05, 3.63) is 59.7 Å². The Morgan fingerprint density at radius 1 is 1.00 bits per heavy atom. The number of rotatable bonds is 6. The van der Waals surface area contributed by atoms with E-state index in [1.807, 2.05) is 19.1 Å². The van der Waals surface area contributed by atoms with E-state index in [9.17, 15) is 14.7 Å². The van der Waals surface area contributed by atoms with Gasteiger partial charge < -0.3 is 25.2 Å². The van der Waals surface area contributed by atoms with E-state index in [1.54, 1.807) is 36.4 Å². The Bertz CT molecular complexity index is 744. The third kappa shape index (κ3) is 4.97. The van der Waals surface area contributed by atoms with E-state index in [0.29, 0.717) is 17.0 Å². The van der Waals surface area contributed by atoms with Crippen LogP contribution in [-0.2, 0) is 9.53 Å². The number of urea groups is 1. The summed E-state index contributed by atoms with van der Waals surface area (Å²) in [6.45, 7) is 1.93. The van der Waals surface area contributed by atoms with E-state index in [-0.39, 0.29) is 0 Å². The zero-order valence-corrected chi connectivity index (χ0v) is 14.9. The van der Waals surface area contributed by atoms with E-state index >= 15 is 0 Å². The molecular weight excluding hydrogens is 336 g/mol. The quantitative estimate of drug-likeness (QED) is 0.689. The van der Waals surface area contributed by atoms with Crippen molar-refractivity contribution in [1.82, 2.24) is 5.32 Å². The van der Waals surface area contributed by atoms with Gasteiger partial charge in [0.25, 0.3) is 0 Å². The molecule has 7 nitrogen and oxygen atoms in total. The number of carbonyl (C=O) groups is 2. The molecule has 7 heteroatoms. The molecule has 0 radical (unpaired) electrons. The molecule has 0 aliphatic rings. The molecule has 2 amide bonds. The van der Waals surface area contributed by atoms with Crippen LogP contribution < -0.4 is 15.4 Å². The normalized spacial score (nSPS) is 12.6. The zero-order chi connectivity index (χ0) is 19.1. The molecule has 2 rings (SSSR count). The number of ether oxygens (including phenoxy) is 2. The summed E-state index contributed by atoms with van der Waals surface area (Å²) in [5.74, 6) is -0.145. The van der Waals surface area contributed by atoms with E-state index in [1.165, 1.54) is 14.2 Å². The molecule has 26 heavy (non-hydrogen) atoms. The Morgan fingerprint density at radius 3 is 2.15 bits per heavy atom. The van der Waals surface area contributed by atoms with E-state index in [2.05, 4.69) is 10.6 Å². The summed E-state index contributed by atoms with van der Waals surface area (Å²) in [5, 5.41) is 15.6. The summed E-state index contributed by atoms with van der Waals surface area (Å²) >= 11 is 0. The molecule has 0 aromatic heterocycles. The minimum absolute atomic E-state index is 0.442. The second-order valence-corrected chi connectivity index (χ2v) is 5.68. The molecule has 138 valence electrons. The van der Waals surface area contributed by atoms with Crippen LogP contribution in [0.5, 0.6) is 5.75 Å². The largest absolute Gasteiger partial charge is 0.497 e. The highest BCUT2D eigenvalue weighted by Crippen LogP contribution is 2.21. The van der Waals surface area contributed by atoms with Crippen LogP contribution in [0.4, 0.5) is 10.5 Å². The van der Waals surface area contributed by atoms with Crippen LogP contribution in [0.2, 0.25) is 0 Å². The predicted molar refractivity (Wildman–Crippen MR) is 97.1 cm³/mol. The number of hydrogen-bond acceptors (Lipinski definition) is 5. The van der Waals surface area contributed by atoms with Gasteiger partial charge in [-0.05, 0) is 36.8 Å². The lowest BCUT2D eigenvalue weighted by molar-refractivity contribution is -0.145. The SMILES string of the molecule is COC(=O)C(NC(=O)Nc1ccc(C)cc1)C(O)c1ccc(OC)cc1. The topological polar surface area (TPSA) is 96.9 Å². The van der Waals surface area contributed by atoms with Gasteiger partial charge in [0.05, 0.1) is 14.2 Å². The maximum absolute atomic E-state index is 12.2. The molecular formula is C19H22N2O5. The Labute approximate surface area is 151 Å². The highest BCUT2D eigenvalue weighted by Gasteiger charge is 2.30. The van der Waals surface area contributed by atoms with Gasteiger partial charge in [0, 0.05) is 5.69 Å². The van der Waals surface area contributed by atoms with E-state index in [0.717, 1.165) is 5.56 Å². The molecule has 0 spiro atoms. The van der Waals surface area contributed by atoms with Gasteiger partial charge in [-0.15, -0.1) is 0 Å². The number of aryl methyl sites for hydroxylation is 1. The Hall–Kier alpha value is -3.06. The number of carbonyl (C=O) groups excluding carboxylic acids is 2. The Morgan fingerprint density at radius 2 is 1.62 bits per heavy atom. The lowest BCUT2D eigenvalue weighted by atomic mass is 10.0. The number of amides is 2. The summed E-state index contributed by atoms with van der Waals surface area (Å²) in [4.78, 5) is 24.2. The molecule has 2 aromatic rings. The summed E-state index contributed by atoms with van der Waals surface area (Å²) in [5.41, 5.74) is 2.06. The highest BCUT2D eigenvalue weighted by atomic mass is 16.5. The van der Waals surface area contributed by atoms with Crippen molar-refractivity contribution in [3.63, 3.8) is 0 Å². The molecule has 0 saturated carbocycles. The zero-order valence-electron chi connectivity index (χ0n) is 14.9. The van der Waals surface area contributed by atoms with Crippen LogP contribution in [0.1, 0.15) is 17.2 Å². The van der Waals surface area contributed by atoms with Gasteiger partial charge in [-0.3, -0.25) is 0 Å². The first-order valence-corrected chi connectivity index (χ1v) is 7.98. The number of methoxy groups -OCH3 is 2. The predicted octanol–water partition coefficient (Wildman–Crippen LogP) is 2.40. The van der Waals surface area contributed by atoms with Gasteiger partial charge in [0.15, 0.2) is 6.04 Å².